The summed E-state index contributed by atoms with van der Waals surface area (Å²) in [5, 5.41) is 6.38. The van der Waals surface area contributed by atoms with E-state index in [1.807, 2.05) is 11.8 Å². The molecule has 2 unspecified atom stereocenters. The highest BCUT2D eigenvalue weighted by Gasteiger charge is 2.31. The molecule has 3 fully saturated rings. The van der Waals surface area contributed by atoms with Crippen molar-refractivity contribution in [3.8, 4) is 0 Å². The molecule has 3 rings (SSSR count). The topological polar surface area (TPSA) is 73.9 Å². The van der Waals surface area contributed by atoms with E-state index in [0.29, 0.717) is 32.2 Å². The molecule has 1 saturated carbocycles. The van der Waals surface area contributed by atoms with E-state index in [1.54, 1.807) is 0 Å². The molecular weight excluding hydrogens is 296 g/mol. The summed E-state index contributed by atoms with van der Waals surface area (Å²) in [6, 6.07) is 0.428. The van der Waals surface area contributed by atoms with E-state index >= 15 is 0 Å². The number of carbonyl (C=O) groups excluding carboxylic acids is 2. The molecule has 2 heterocycles. The Bertz CT molecular complexity index is 427. The minimum absolute atomic E-state index is 0.110. The number of nitrogens with one attached hydrogen (secondary N) is 2. The van der Waals surface area contributed by atoms with Crippen LogP contribution in [-0.2, 0) is 14.3 Å². The molecule has 7 heteroatoms. The van der Waals surface area contributed by atoms with E-state index in [4.69, 9.17) is 4.74 Å². The third-order valence-electron chi connectivity index (χ3n) is 4.94. The van der Waals surface area contributed by atoms with Gasteiger partial charge in [0.25, 0.3) is 0 Å². The summed E-state index contributed by atoms with van der Waals surface area (Å²) in [6.07, 6.45) is 2.72. The van der Waals surface area contributed by atoms with Crippen LogP contribution in [0.25, 0.3) is 0 Å². The fourth-order valence-corrected chi connectivity index (χ4v) is 3.16. The van der Waals surface area contributed by atoms with Crippen LogP contribution in [0.5, 0.6) is 0 Å². The summed E-state index contributed by atoms with van der Waals surface area (Å²) >= 11 is 0. The molecular formula is C16H28N4O3. The lowest BCUT2D eigenvalue weighted by molar-refractivity contribution is -0.135. The van der Waals surface area contributed by atoms with Gasteiger partial charge in [0.1, 0.15) is 0 Å². The normalized spacial score (nSPS) is 27.5. The molecule has 23 heavy (non-hydrogen) atoms. The summed E-state index contributed by atoms with van der Waals surface area (Å²) < 4.78 is 5.40. The second kappa shape index (κ2) is 7.59. The summed E-state index contributed by atoms with van der Waals surface area (Å²) in [6.45, 7) is 7.05. The summed E-state index contributed by atoms with van der Waals surface area (Å²) in [5.41, 5.74) is 0. The number of morpholine rings is 1. The second-order valence-electron chi connectivity index (χ2n) is 6.81. The fourth-order valence-electron chi connectivity index (χ4n) is 3.16. The minimum Gasteiger partial charge on any atom is -0.378 e. The van der Waals surface area contributed by atoms with E-state index in [1.165, 1.54) is 0 Å². The maximum Gasteiger partial charge on any atom is 0.237 e. The quantitative estimate of drug-likeness (QED) is 0.691. The molecule has 2 atom stereocenters. The molecule has 2 amide bonds. The van der Waals surface area contributed by atoms with Gasteiger partial charge in [0.15, 0.2) is 0 Å². The molecule has 3 aliphatic rings. The second-order valence-corrected chi connectivity index (χ2v) is 6.81. The van der Waals surface area contributed by atoms with Crippen LogP contribution in [0.4, 0.5) is 0 Å². The van der Waals surface area contributed by atoms with Crippen molar-refractivity contribution < 1.29 is 14.3 Å². The van der Waals surface area contributed by atoms with Gasteiger partial charge in [-0.15, -0.1) is 0 Å². The first-order valence-corrected chi connectivity index (χ1v) is 8.77. The molecule has 0 aromatic carbocycles. The Morgan fingerprint density at radius 1 is 1.26 bits per heavy atom. The molecule has 2 aliphatic heterocycles. The van der Waals surface area contributed by atoms with Crippen LogP contribution < -0.4 is 10.6 Å². The van der Waals surface area contributed by atoms with Crippen molar-refractivity contribution in [3.63, 3.8) is 0 Å². The minimum atomic E-state index is -0.110. The van der Waals surface area contributed by atoms with Crippen LogP contribution in [-0.4, -0.2) is 85.7 Å². The largest absolute Gasteiger partial charge is 0.378 e. The van der Waals surface area contributed by atoms with Crippen molar-refractivity contribution in [1.29, 1.82) is 0 Å². The first-order chi connectivity index (χ1) is 11.1. The number of ether oxygens (including phenoxy) is 1. The maximum atomic E-state index is 12.4. The van der Waals surface area contributed by atoms with Gasteiger partial charge in [0.05, 0.1) is 19.3 Å². The Hall–Kier alpha value is -1.18. The molecule has 0 bridgehead atoms. The maximum absolute atomic E-state index is 12.4. The first-order valence-electron chi connectivity index (χ1n) is 8.77. The number of rotatable bonds is 5. The lowest BCUT2D eigenvalue weighted by atomic mass is 10.1. The molecule has 0 spiro atoms. The van der Waals surface area contributed by atoms with Gasteiger partial charge in [0.2, 0.25) is 11.8 Å². The lowest BCUT2D eigenvalue weighted by Crippen LogP contribution is -2.56. The standard InChI is InChI=1S/C16H28N4O3/c1-12(16(22)18-13-2-3-13)19-5-7-20(8-6-19)15(21)10-14-11-23-9-4-17-14/h12-14,17H,2-11H2,1H3,(H,18,22). The number of nitrogens with zero attached hydrogens (tertiary/aromatic N) is 2. The van der Waals surface area contributed by atoms with Gasteiger partial charge in [0, 0.05) is 51.2 Å². The van der Waals surface area contributed by atoms with Crippen molar-refractivity contribution in [1.82, 2.24) is 20.4 Å². The van der Waals surface area contributed by atoms with Crippen molar-refractivity contribution in [2.45, 2.75) is 44.3 Å². The number of amides is 2. The monoisotopic (exact) mass is 324 g/mol. The van der Waals surface area contributed by atoms with Gasteiger partial charge in [-0.25, -0.2) is 0 Å². The highest BCUT2D eigenvalue weighted by Crippen LogP contribution is 2.19. The highest BCUT2D eigenvalue weighted by molar-refractivity contribution is 5.82. The van der Waals surface area contributed by atoms with Gasteiger partial charge in [-0.05, 0) is 19.8 Å². The number of hydrogen-bond acceptors (Lipinski definition) is 5. The van der Waals surface area contributed by atoms with E-state index in [2.05, 4.69) is 15.5 Å². The fraction of sp³-hybridized carbons (Fsp3) is 0.875. The van der Waals surface area contributed by atoms with Crippen molar-refractivity contribution >= 4 is 11.8 Å². The van der Waals surface area contributed by atoms with E-state index in [9.17, 15) is 9.59 Å². The summed E-state index contributed by atoms with van der Waals surface area (Å²) in [4.78, 5) is 28.6. The molecule has 2 saturated heterocycles. The van der Waals surface area contributed by atoms with Crippen LogP contribution in [0.3, 0.4) is 0 Å². The Balaban J connectivity index is 1.40. The zero-order valence-electron chi connectivity index (χ0n) is 13.9. The van der Waals surface area contributed by atoms with Crippen molar-refractivity contribution in [2.75, 3.05) is 45.9 Å². The zero-order chi connectivity index (χ0) is 16.2. The Morgan fingerprint density at radius 3 is 2.61 bits per heavy atom. The number of hydrogen-bond donors (Lipinski definition) is 2. The van der Waals surface area contributed by atoms with Gasteiger partial charge in [-0.1, -0.05) is 0 Å². The molecule has 2 N–H and O–H groups in total. The molecule has 1 aliphatic carbocycles. The van der Waals surface area contributed by atoms with Gasteiger partial charge < -0.3 is 20.3 Å². The van der Waals surface area contributed by atoms with Gasteiger partial charge in [-0.2, -0.15) is 0 Å². The van der Waals surface area contributed by atoms with Crippen LogP contribution in [0, 0.1) is 0 Å². The van der Waals surface area contributed by atoms with Crippen molar-refractivity contribution in [3.05, 3.63) is 0 Å². The Morgan fingerprint density at radius 2 is 2.00 bits per heavy atom. The van der Waals surface area contributed by atoms with Crippen molar-refractivity contribution in [2.24, 2.45) is 0 Å². The van der Waals surface area contributed by atoms with Gasteiger partial charge >= 0.3 is 0 Å². The average molecular weight is 324 g/mol. The molecule has 7 nitrogen and oxygen atoms in total. The van der Waals surface area contributed by atoms with E-state index in [0.717, 1.165) is 39.1 Å². The smallest absolute Gasteiger partial charge is 0.237 e. The predicted octanol–water partition coefficient (Wildman–Crippen LogP) is -0.824. The van der Waals surface area contributed by atoms with Crippen LogP contribution in [0.15, 0.2) is 0 Å². The molecule has 130 valence electrons. The number of carbonyl (C=O) groups is 2. The SMILES string of the molecule is CC(C(=O)NC1CC1)N1CCN(C(=O)CC2COCCN2)CC1. The molecule has 0 aromatic rings. The summed E-state index contributed by atoms with van der Waals surface area (Å²) in [5.74, 6) is 0.304. The van der Waals surface area contributed by atoms with Gasteiger partial charge in [-0.3, -0.25) is 14.5 Å². The number of piperazine rings is 1. The Kier molecular flexibility index (Phi) is 5.50. The van der Waals surface area contributed by atoms with Crippen LogP contribution >= 0.6 is 0 Å². The van der Waals surface area contributed by atoms with Crippen LogP contribution in [0.2, 0.25) is 0 Å². The average Bonchev–Trinajstić information content (AvgIpc) is 3.39. The zero-order valence-corrected chi connectivity index (χ0v) is 13.9. The Labute approximate surface area is 137 Å². The predicted molar refractivity (Wildman–Crippen MR) is 86.0 cm³/mol. The lowest BCUT2D eigenvalue weighted by Gasteiger charge is -2.38. The van der Waals surface area contributed by atoms with E-state index in [-0.39, 0.29) is 23.9 Å². The highest BCUT2D eigenvalue weighted by atomic mass is 16.5. The summed E-state index contributed by atoms with van der Waals surface area (Å²) in [7, 11) is 0. The molecule has 0 radical (unpaired) electrons. The van der Waals surface area contributed by atoms with Crippen LogP contribution in [0.1, 0.15) is 26.2 Å². The third kappa shape index (κ3) is 4.65. The first kappa shape index (κ1) is 16.7. The molecule has 0 aromatic heterocycles. The van der Waals surface area contributed by atoms with E-state index < -0.39 is 0 Å². The third-order valence-corrected chi connectivity index (χ3v) is 4.94.